The lowest BCUT2D eigenvalue weighted by Gasteiger charge is -2.26. The minimum atomic E-state index is 1.10. The van der Waals surface area contributed by atoms with Crippen LogP contribution in [0.4, 0.5) is 17.1 Å². The molecule has 11 aromatic rings. The summed E-state index contributed by atoms with van der Waals surface area (Å²) in [5.74, 6) is 0. The van der Waals surface area contributed by atoms with Crippen LogP contribution in [0.15, 0.2) is 243 Å². The third kappa shape index (κ3) is 6.51. The summed E-state index contributed by atoms with van der Waals surface area (Å²) in [5, 5.41) is 4.93. The predicted molar refractivity (Wildman–Crippen MR) is 255 cm³/mol. The van der Waals surface area contributed by atoms with Crippen molar-refractivity contribution in [2.24, 2.45) is 0 Å². The maximum Gasteiger partial charge on any atom is 0.0541 e. The molecule has 0 saturated carbocycles. The second-order valence-corrected chi connectivity index (χ2v) is 15.4. The van der Waals surface area contributed by atoms with Gasteiger partial charge in [-0.3, -0.25) is 0 Å². The topological polar surface area (TPSA) is 8.17 Å². The minimum absolute atomic E-state index is 1.10. The molecule has 60 heavy (non-hydrogen) atoms. The number of aromatic nitrogens is 1. The number of benzene rings is 10. The van der Waals surface area contributed by atoms with E-state index >= 15 is 0 Å². The summed E-state index contributed by atoms with van der Waals surface area (Å²) in [6.07, 6.45) is 0. The summed E-state index contributed by atoms with van der Waals surface area (Å²) in [4.78, 5) is 2.37. The maximum atomic E-state index is 2.39. The average Bonchev–Trinajstić information content (AvgIpc) is 3.66. The highest BCUT2D eigenvalue weighted by atomic mass is 15.1. The Hall–Kier alpha value is -7.94. The number of para-hydroxylation sites is 1. The molecule has 2 nitrogen and oxygen atoms in total. The molecule has 282 valence electrons. The quantitative estimate of drug-likeness (QED) is 0.150. The molecule has 11 rings (SSSR count). The zero-order chi connectivity index (χ0) is 39.8. The SMILES string of the molecule is c1ccc(-c2ccc(N(c3cccc(-c4cccc(-c5ccc6c(c5)c5ccccc5n6-c5ccc(-c6ccccc6)cc5)c4)c3)c3ccc4ccccc4c3)cc2)cc1. The third-order valence-electron chi connectivity index (χ3n) is 11.8. The molecule has 10 aromatic carbocycles. The van der Waals surface area contributed by atoms with Gasteiger partial charge in [-0.05, 0) is 128 Å². The van der Waals surface area contributed by atoms with Gasteiger partial charge in [0.15, 0.2) is 0 Å². The van der Waals surface area contributed by atoms with Gasteiger partial charge in [0.25, 0.3) is 0 Å². The zero-order valence-corrected chi connectivity index (χ0v) is 33.0. The summed E-state index contributed by atoms with van der Waals surface area (Å²) >= 11 is 0. The van der Waals surface area contributed by atoms with Gasteiger partial charge in [0.2, 0.25) is 0 Å². The molecule has 1 aromatic heterocycles. The van der Waals surface area contributed by atoms with Crippen LogP contribution in [-0.4, -0.2) is 4.57 Å². The Labute approximate surface area is 350 Å². The van der Waals surface area contributed by atoms with E-state index in [0.29, 0.717) is 0 Å². The van der Waals surface area contributed by atoms with Crippen LogP contribution >= 0.6 is 0 Å². The molecule has 0 atom stereocenters. The molecule has 0 saturated heterocycles. The van der Waals surface area contributed by atoms with E-state index in [-0.39, 0.29) is 0 Å². The molecule has 0 N–H and O–H groups in total. The Morgan fingerprint density at radius 2 is 0.733 bits per heavy atom. The summed E-state index contributed by atoms with van der Waals surface area (Å²) in [6.45, 7) is 0. The molecule has 0 aliphatic carbocycles. The highest BCUT2D eigenvalue weighted by molar-refractivity contribution is 6.10. The molecule has 0 amide bonds. The van der Waals surface area contributed by atoms with Crippen LogP contribution in [0.2, 0.25) is 0 Å². The first-order valence-corrected chi connectivity index (χ1v) is 20.6. The van der Waals surface area contributed by atoms with E-state index in [1.54, 1.807) is 0 Å². The van der Waals surface area contributed by atoms with E-state index in [1.807, 2.05) is 0 Å². The molecule has 0 aliphatic heterocycles. The van der Waals surface area contributed by atoms with Crippen molar-refractivity contribution in [3.63, 3.8) is 0 Å². The number of fused-ring (bicyclic) bond motifs is 4. The zero-order valence-electron chi connectivity index (χ0n) is 33.0. The lowest BCUT2D eigenvalue weighted by Crippen LogP contribution is -2.10. The van der Waals surface area contributed by atoms with Gasteiger partial charge in [0, 0.05) is 33.5 Å². The van der Waals surface area contributed by atoms with Gasteiger partial charge in [-0.15, -0.1) is 0 Å². The van der Waals surface area contributed by atoms with Crippen LogP contribution in [0.5, 0.6) is 0 Å². The number of hydrogen-bond donors (Lipinski definition) is 0. The molecule has 0 unspecified atom stereocenters. The standard InChI is InChI=1S/C58H40N2/c1-3-13-41(14-4-1)44-25-31-51(32-26-44)59(54-35-29-43-17-7-8-18-48(43)38-54)53-22-12-21-49(39-53)46-19-11-20-47(37-46)50-30-36-58-56(40-50)55-23-9-10-24-57(55)60(58)52-33-27-45(28-34-52)42-15-5-2-6-16-42/h1-40H. The van der Waals surface area contributed by atoms with Gasteiger partial charge >= 0.3 is 0 Å². The first-order valence-electron chi connectivity index (χ1n) is 20.6. The Kier molecular flexibility index (Phi) is 8.87. The van der Waals surface area contributed by atoms with Gasteiger partial charge in [0.1, 0.15) is 0 Å². The van der Waals surface area contributed by atoms with Crippen molar-refractivity contribution in [1.29, 1.82) is 0 Å². The van der Waals surface area contributed by atoms with Crippen molar-refractivity contribution in [1.82, 2.24) is 4.57 Å². The van der Waals surface area contributed by atoms with E-state index in [1.165, 1.54) is 71.5 Å². The summed E-state index contributed by atoms with van der Waals surface area (Å²) in [6, 6.07) is 87.9. The molecule has 0 bridgehead atoms. The molecule has 0 fully saturated rings. The van der Waals surface area contributed by atoms with Crippen molar-refractivity contribution in [2.45, 2.75) is 0 Å². The fraction of sp³-hybridized carbons (Fsp3) is 0. The van der Waals surface area contributed by atoms with Gasteiger partial charge in [-0.1, -0.05) is 170 Å². The Morgan fingerprint density at radius 3 is 1.45 bits per heavy atom. The van der Waals surface area contributed by atoms with Crippen LogP contribution in [0.1, 0.15) is 0 Å². The first-order chi connectivity index (χ1) is 29.7. The monoisotopic (exact) mass is 764 g/mol. The van der Waals surface area contributed by atoms with Crippen LogP contribution < -0.4 is 4.90 Å². The van der Waals surface area contributed by atoms with Crippen molar-refractivity contribution >= 4 is 49.6 Å². The maximum absolute atomic E-state index is 2.39. The molecule has 1 heterocycles. The van der Waals surface area contributed by atoms with Crippen molar-refractivity contribution in [2.75, 3.05) is 4.90 Å². The largest absolute Gasteiger partial charge is 0.310 e. The second-order valence-electron chi connectivity index (χ2n) is 15.4. The van der Waals surface area contributed by atoms with Gasteiger partial charge in [0.05, 0.1) is 11.0 Å². The molecule has 0 spiro atoms. The van der Waals surface area contributed by atoms with E-state index in [2.05, 4.69) is 252 Å². The second kappa shape index (κ2) is 15.1. The lowest BCUT2D eigenvalue weighted by atomic mass is 9.97. The van der Waals surface area contributed by atoms with E-state index in [9.17, 15) is 0 Å². The smallest absolute Gasteiger partial charge is 0.0541 e. The van der Waals surface area contributed by atoms with E-state index < -0.39 is 0 Å². The number of hydrogen-bond acceptors (Lipinski definition) is 1. The highest BCUT2D eigenvalue weighted by Gasteiger charge is 2.17. The normalized spacial score (nSPS) is 11.3. The van der Waals surface area contributed by atoms with Gasteiger partial charge in [-0.25, -0.2) is 0 Å². The lowest BCUT2D eigenvalue weighted by molar-refractivity contribution is 1.18. The number of rotatable bonds is 8. The van der Waals surface area contributed by atoms with Crippen LogP contribution in [-0.2, 0) is 0 Å². The molecular weight excluding hydrogens is 725 g/mol. The van der Waals surface area contributed by atoms with Crippen LogP contribution in [0.25, 0.3) is 82.8 Å². The minimum Gasteiger partial charge on any atom is -0.310 e. The van der Waals surface area contributed by atoms with Crippen LogP contribution in [0.3, 0.4) is 0 Å². The van der Waals surface area contributed by atoms with Crippen molar-refractivity contribution in [3.05, 3.63) is 243 Å². The Balaban J connectivity index is 0.964. The number of nitrogens with zero attached hydrogens (tertiary/aromatic N) is 2. The van der Waals surface area contributed by atoms with Crippen molar-refractivity contribution in [3.8, 4) is 50.2 Å². The molecule has 0 radical (unpaired) electrons. The molecule has 2 heteroatoms. The fourth-order valence-corrected chi connectivity index (χ4v) is 8.76. The summed E-state index contributed by atoms with van der Waals surface area (Å²) in [7, 11) is 0. The van der Waals surface area contributed by atoms with E-state index in [4.69, 9.17) is 0 Å². The van der Waals surface area contributed by atoms with E-state index in [0.717, 1.165) is 28.3 Å². The highest BCUT2D eigenvalue weighted by Crippen LogP contribution is 2.40. The van der Waals surface area contributed by atoms with Gasteiger partial charge in [-0.2, -0.15) is 0 Å². The Bertz CT molecular complexity index is 3290. The fourth-order valence-electron chi connectivity index (χ4n) is 8.76. The van der Waals surface area contributed by atoms with Gasteiger partial charge < -0.3 is 9.47 Å². The molecule has 0 aliphatic rings. The summed E-state index contributed by atoms with van der Waals surface area (Å²) in [5.41, 5.74) is 16.4. The molecular formula is C58H40N2. The summed E-state index contributed by atoms with van der Waals surface area (Å²) < 4.78 is 2.39. The van der Waals surface area contributed by atoms with Crippen LogP contribution in [0, 0.1) is 0 Å². The first kappa shape index (κ1) is 35.2. The predicted octanol–water partition coefficient (Wildman–Crippen LogP) is 16.1. The van der Waals surface area contributed by atoms with Crippen molar-refractivity contribution < 1.29 is 0 Å². The Morgan fingerprint density at radius 1 is 0.250 bits per heavy atom. The third-order valence-corrected chi connectivity index (χ3v) is 11.8. The average molecular weight is 765 g/mol. The number of anilines is 3.